The maximum absolute atomic E-state index is 12.6. The number of aromatic nitrogens is 2. The molecule has 194 valence electrons. The Hall–Kier alpha value is -4.50. The highest BCUT2D eigenvalue weighted by Gasteiger charge is 2.36. The maximum atomic E-state index is 12.6. The Kier molecular flexibility index (Phi) is 6.46. The topological polar surface area (TPSA) is 139 Å². The Morgan fingerprint density at radius 3 is 2.63 bits per heavy atom. The van der Waals surface area contributed by atoms with Crippen molar-refractivity contribution < 1.29 is 34.4 Å². The zero-order chi connectivity index (χ0) is 27.1. The number of carbonyl (C=O) groups excluding carboxylic acids is 2. The van der Waals surface area contributed by atoms with E-state index in [1.165, 1.54) is 20.1 Å². The van der Waals surface area contributed by atoms with E-state index in [1.807, 2.05) is 12.1 Å². The van der Waals surface area contributed by atoms with Crippen LogP contribution in [0.5, 0.6) is 17.2 Å². The number of hydrogen-bond donors (Lipinski definition) is 3. The van der Waals surface area contributed by atoms with Gasteiger partial charge >= 0.3 is 5.97 Å². The van der Waals surface area contributed by atoms with Gasteiger partial charge in [0, 0.05) is 46.0 Å². The molecule has 0 radical (unpaired) electrons. The molecule has 0 spiro atoms. The van der Waals surface area contributed by atoms with Gasteiger partial charge in [0.1, 0.15) is 23.4 Å². The molecule has 38 heavy (non-hydrogen) atoms. The summed E-state index contributed by atoms with van der Waals surface area (Å²) in [5.74, 6) is -2.75. The van der Waals surface area contributed by atoms with Crippen LogP contribution in [-0.4, -0.2) is 44.1 Å². The number of hydrogen-bond acceptors (Lipinski definition) is 9. The van der Waals surface area contributed by atoms with Gasteiger partial charge in [-0.25, -0.2) is 0 Å². The lowest BCUT2D eigenvalue weighted by molar-refractivity contribution is -0.140. The molecule has 3 heterocycles. The average Bonchev–Trinajstić information content (AvgIpc) is 3.34. The van der Waals surface area contributed by atoms with Crippen LogP contribution in [-0.2, 0) is 20.9 Å². The Balaban J connectivity index is 1.76. The molecule has 0 saturated heterocycles. The number of esters is 1. The number of nitrogens with zero attached hydrogens (tertiary/aromatic N) is 2. The summed E-state index contributed by atoms with van der Waals surface area (Å²) in [6, 6.07) is 10.4. The quantitative estimate of drug-likeness (QED) is 0.249. The Bertz CT molecular complexity index is 1600. The summed E-state index contributed by atoms with van der Waals surface area (Å²) in [6.45, 7) is 3.08. The predicted octanol–water partition coefficient (Wildman–Crippen LogP) is 4.57. The zero-order valence-electron chi connectivity index (χ0n) is 21.1. The maximum Gasteiger partial charge on any atom is 0.306 e. The van der Waals surface area contributed by atoms with Gasteiger partial charge in [0.15, 0.2) is 5.78 Å². The number of ketones is 1. The van der Waals surface area contributed by atoms with Gasteiger partial charge in [0.25, 0.3) is 0 Å². The van der Waals surface area contributed by atoms with Crippen LogP contribution in [0.3, 0.4) is 0 Å². The third-order valence-corrected chi connectivity index (χ3v) is 7.00. The van der Waals surface area contributed by atoms with Gasteiger partial charge in [-0.3, -0.25) is 19.6 Å². The highest BCUT2D eigenvalue weighted by atomic mass is 16.5. The van der Waals surface area contributed by atoms with Crippen molar-refractivity contribution in [3.8, 4) is 17.2 Å². The summed E-state index contributed by atoms with van der Waals surface area (Å²) >= 11 is 0. The molecule has 4 aromatic rings. The number of aromatic hydroxyl groups is 3. The molecule has 0 saturated carbocycles. The number of Topliss-reactive ketones (excluding diaryl/α,β-unsaturated/α-hetero) is 1. The van der Waals surface area contributed by atoms with E-state index in [-0.39, 0.29) is 41.2 Å². The lowest BCUT2D eigenvalue weighted by Gasteiger charge is -2.24. The summed E-state index contributed by atoms with van der Waals surface area (Å²) in [5.41, 5.74) is 2.91. The fourth-order valence-corrected chi connectivity index (χ4v) is 5.01. The van der Waals surface area contributed by atoms with Crippen molar-refractivity contribution >= 4 is 22.7 Å². The van der Waals surface area contributed by atoms with Gasteiger partial charge < -0.3 is 24.8 Å². The lowest BCUT2D eigenvalue weighted by atomic mass is 9.82. The number of fused-ring (bicyclic) bond motifs is 2. The molecule has 0 bridgehead atoms. The molecule has 3 N–H and O–H groups in total. The van der Waals surface area contributed by atoms with E-state index < -0.39 is 29.5 Å². The van der Waals surface area contributed by atoms with E-state index in [1.54, 1.807) is 37.5 Å². The molecule has 9 nitrogen and oxygen atoms in total. The minimum absolute atomic E-state index is 0.0105. The van der Waals surface area contributed by atoms with Crippen molar-refractivity contribution in [2.75, 3.05) is 7.11 Å². The monoisotopic (exact) mass is 514 g/mol. The van der Waals surface area contributed by atoms with Crippen LogP contribution < -0.4 is 0 Å². The Labute approximate surface area is 218 Å². The Morgan fingerprint density at radius 2 is 1.89 bits per heavy atom. The van der Waals surface area contributed by atoms with Crippen molar-refractivity contribution in [3.63, 3.8) is 0 Å². The first-order valence-electron chi connectivity index (χ1n) is 12.0. The van der Waals surface area contributed by atoms with E-state index in [9.17, 15) is 24.9 Å². The van der Waals surface area contributed by atoms with Crippen LogP contribution in [0.1, 0.15) is 69.2 Å². The average molecular weight is 515 g/mol. The molecule has 1 aliphatic heterocycles. The molecule has 9 heteroatoms. The van der Waals surface area contributed by atoms with E-state index in [2.05, 4.69) is 9.97 Å². The third-order valence-electron chi connectivity index (χ3n) is 7.00. The molecular weight excluding hydrogens is 488 g/mol. The van der Waals surface area contributed by atoms with Gasteiger partial charge in [0.05, 0.1) is 36.9 Å². The second-order valence-corrected chi connectivity index (χ2v) is 9.29. The molecule has 2 aromatic heterocycles. The van der Waals surface area contributed by atoms with Crippen molar-refractivity contribution in [3.05, 3.63) is 87.9 Å². The minimum Gasteiger partial charge on any atom is -0.507 e. The van der Waals surface area contributed by atoms with Crippen molar-refractivity contribution in [2.45, 2.75) is 38.9 Å². The molecule has 1 aliphatic rings. The summed E-state index contributed by atoms with van der Waals surface area (Å²) in [5, 5.41) is 34.5. The predicted molar refractivity (Wildman–Crippen MR) is 137 cm³/mol. The van der Waals surface area contributed by atoms with Crippen molar-refractivity contribution in [2.24, 2.45) is 0 Å². The molecule has 0 fully saturated rings. The second kappa shape index (κ2) is 9.75. The molecule has 5 rings (SSSR count). The highest BCUT2D eigenvalue weighted by molar-refractivity contribution is 5.98. The van der Waals surface area contributed by atoms with Crippen LogP contribution >= 0.6 is 0 Å². The number of pyridine rings is 2. The van der Waals surface area contributed by atoms with Gasteiger partial charge in [-0.05, 0) is 43.7 Å². The number of ether oxygens (including phenoxy) is 2. The van der Waals surface area contributed by atoms with Gasteiger partial charge in [-0.2, -0.15) is 0 Å². The van der Waals surface area contributed by atoms with Crippen LogP contribution in [0.4, 0.5) is 0 Å². The van der Waals surface area contributed by atoms with Crippen LogP contribution in [0.2, 0.25) is 0 Å². The summed E-state index contributed by atoms with van der Waals surface area (Å²) < 4.78 is 10.9. The fourth-order valence-electron chi connectivity index (χ4n) is 5.01. The fraction of sp³-hybridized carbons (Fsp3) is 0.241. The van der Waals surface area contributed by atoms with Crippen LogP contribution in [0, 0.1) is 6.92 Å². The molecule has 2 aromatic carbocycles. The number of benzene rings is 2. The van der Waals surface area contributed by atoms with E-state index in [4.69, 9.17) is 9.47 Å². The lowest BCUT2D eigenvalue weighted by Crippen LogP contribution is -2.13. The molecular formula is C29H26N2O7. The highest BCUT2D eigenvalue weighted by Crippen LogP contribution is 2.50. The third kappa shape index (κ3) is 4.20. The smallest absolute Gasteiger partial charge is 0.306 e. The number of phenols is 2. The molecule has 0 amide bonds. The number of phenolic OH excluding ortho intramolecular Hbond substituents is 2. The zero-order valence-corrected chi connectivity index (χ0v) is 21.1. The summed E-state index contributed by atoms with van der Waals surface area (Å²) in [6.07, 6.45) is 2.11. The largest absolute Gasteiger partial charge is 0.507 e. The van der Waals surface area contributed by atoms with Crippen LogP contribution in [0.25, 0.3) is 10.9 Å². The first-order chi connectivity index (χ1) is 18.2. The molecule has 2 atom stereocenters. The van der Waals surface area contributed by atoms with Gasteiger partial charge in [-0.1, -0.05) is 12.1 Å². The van der Waals surface area contributed by atoms with Crippen LogP contribution in [0.15, 0.2) is 48.8 Å². The van der Waals surface area contributed by atoms with Crippen molar-refractivity contribution in [1.29, 1.82) is 0 Å². The normalized spacial score (nSPS) is 15.3. The van der Waals surface area contributed by atoms with E-state index in [0.717, 1.165) is 10.9 Å². The minimum atomic E-state index is -0.927. The van der Waals surface area contributed by atoms with Crippen molar-refractivity contribution in [1.82, 2.24) is 9.97 Å². The number of rotatable bonds is 6. The summed E-state index contributed by atoms with van der Waals surface area (Å²) in [7, 11) is 1.25. The SMILES string of the molecule is COC(=O)C[C@H](c1ccc2ncccc2c1)c1c(O)c(C(C)=O)cc([C@H]2OCc3cnc(C)c(O)c32)c1O. The van der Waals surface area contributed by atoms with E-state index >= 15 is 0 Å². The number of carbonyl (C=O) groups is 2. The number of methoxy groups -OCH3 is 1. The first-order valence-corrected chi connectivity index (χ1v) is 12.0. The Morgan fingerprint density at radius 1 is 1.11 bits per heavy atom. The van der Waals surface area contributed by atoms with Gasteiger partial charge in [-0.15, -0.1) is 0 Å². The molecule has 0 unspecified atom stereocenters. The molecule has 0 aliphatic carbocycles. The van der Waals surface area contributed by atoms with Gasteiger partial charge in [0.2, 0.25) is 0 Å². The second-order valence-electron chi connectivity index (χ2n) is 9.29. The van der Waals surface area contributed by atoms with E-state index in [0.29, 0.717) is 22.4 Å². The standard InChI is InChI=1S/C29H26N2O7/c1-14-26(34)24-18(12-31-14)13-38-29(24)21-10-19(15(2)32)27(35)25(28(21)36)20(11-23(33)37-3)16-6-7-22-17(9-16)5-4-8-30-22/h4-10,12,20,29,34-36H,11,13H2,1-3H3/t20-,29-/m1/s1. The summed E-state index contributed by atoms with van der Waals surface area (Å²) in [4.78, 5) is 33.7. The number of aryl methyl sites for hydroxylation is 1. The first kappa shape index (κ1) is 25.2.